The van der Waals surface area contributed by atoms with Gasteiger partial charge in [-0.05, 0) is 49.8 Å². The molecular weight excluding hydrogens is 338 g/mol. The van der Waals surface area contributed by atoms with Crippen LogP contribution in [0.15, 0.2) is 48.8 Å². The molecule has 1 saturated heterocycles. The Morgan fingerprint density at radius 3 is 2.70 bits per heavy atom. The molecule has 1 aliphatic heterocycles. The molecule has 2 heterocycles. The van der Waals surface area contributed by atoms with E-state index in [1.54, 1.807) is 6.20 Å². The molecule has 2 N–H and O–H groups in total. The van der Waals surface area contributed by atoms with Gasteiger partial charge in [-0.2, -0.15) is 0 Å². The van der Waals surface area contributed by atoms with E-state index in [0.29, 0.717) is 17.5 Å². The third-order valence-corrected chi connectivity index (χ3v) is 5.96. The molecule has 5 nitrogen and oxygen atoms in total. The number of piperidine rings is 1. The molecule has 2 aliphatic rings. The molecule has 1 aliphatic carbocycles. The van der Waals surface area contributed by atoms with Crippen LogP contribution in [0.4, 0.5) is 5.69 Å². The number of anilines is 1. The van der Waals surface area contributed by atoms with Crippen molar-refractivity contribution in [3.8, 4) is 0 Å². The molecule has 27 heavy (non-hydrogen) atoms. The highest BCUT2D eigenvalue weighted by Gasteiger charge is 2.37. The van der Waals surface area contributed by atoms with Crippen molar-refractivity contribution in [1.82, 2.24) is 10.3 Å². The van der Waals surface area contributed by atoms with Crippen molar-refractivity contribution >= 4 is 11.7 Å². The summed E-state index contributed by atoms with van der Waals surface area (Å²) < 4.78 is 0. The lowest BCUT2D eigenvalue weighted by Gasteiger charge is -2.34. The van der Waals surface area contributed by atoms with Crippen LogP contribution < -0.4 is 10.2 Å². The summed E-state index contributed by atoms with van der Waals surface area (Å²) in [6.45, 7) is 2.92. The van der Waals surface area contributed by atoms with Crippen LogP contribution in [-0.2, 0) is 0 Å². The first kappa shape index (κ1) is 18.0. The Morgan fingerprint density at radius 1 is 1.19 bits per heavy atom. The second kappa shape index (κ2) is 8.09. The highest BCUT2D eigenvalue weighted by atomic mass is 16.4. The molecule has 4 rings (SSSR count). The highest BCUT2D eigenvalue weighted by molar-refractivity contribution is 5.94. The molecule has 0 amide bonds. The van der Waals surface area contributed by atoms with Gasteiger partial charge < -0.3 is 15.3 Å². The minimum absolute atomic E-state index is 0.304. The fraction of sp³-hybridized carbons (Fsp3) is 0.455. The molecule has 2 aromatic rings. The van der Waals surface area contributed by atoms with Crippen LogP contribution in [0.1, 0.15) is 47.5 Å². The van der Waals surface area contributed by atoms with Gasteiger partial charge in [-0.25, -0.2) is 4.79 Å². The number of aromatic nitrogens is 1. The minimum Gasteiger partial charge on any atom is -0.478 e. The van der Waals surface area contributed by atoms with Crippen molar-refractivity contribution < 1.29 is 9.90 Å². The Hall–Kier alpha value is -2.40. The number of aromatic carboxylic acids is 1. The van der Waals surface area contributed by atoms with Crippen LogP contribution in [0.3, 0.4) is 0 Å². The second-order valence-electron chi connectivity index (χ2n) is 7.73. The second-order valence-corrected chi connectivity index (χ2v) is 7.73. The number of nitrogens with zero attached hydrogens (tertiary/aromatic N) is 2. The summed E-state index contributed by atoms with van der Waals surface area (Å²) in [4.78, 5) is 17.5. The number of hydrogen-bond acceptors (Lipinski definition) is 4. The Balaban J connectivity index is 1.20. The van der Waals surface area contributed by atoms with Gasteiger partial charge in [0.25, 0.3) is 0 Å². The third-order valence-electron chi connectivity index (χ3n) is 5.96. The molecule has 1 aromatic carbocycles. The Bertz CT molecular complexity index is 772. The van der Waals surface area contributed by atoms with Gasteiger partial charge in [-0.1, -0.05) is 30.3 Å². The lowest BCUT2D eigenvalue weighted by atomic mass is 9.93. The summed E-state index contributed by atoms with van der Waals surface area (Å²) in [7, 11) is 0. The van der Waals surface area contributed by atoms with Gasteiger partial charge in [0.2, 0.25) is 0 Å². The molecule has 1 aromatic heterocycles. The number of carboxylic acids is 1. The summed E-state index contributed by atoms with van der Waals surface area (Å²) in [5, 5.41) is 13.1. The molecule has 1 saturated carbocycles. The van der Waals surface area contributed by atoms with Crippen LogP contribution in [0.25, 0.3) is 0 Å². The monoisotopic (exact) mass is 365 g/mol. The summed E-state index contributed by atoms with van der Waals surface area (Å²) in [5.41, 5.74) is 2.56. The van der Waals surface area contributed by atoms with Gasteiger partial charge in [0.05, 0.1) is 5.69 Å². The van der Waals surface area contributed by atoms with E-state index in [4.69, 9.17) is 0 Å². The quantitative estimate of drug-likeness (QED) is 0.786. The topological polar surface area (TPSA) is 65.5 Å². The molecule has 2 atom stereocenters. The number of nitrogens with one attached hydrogen (secondary N) is 1. The van der Waals surface area contributed by atoms with Crippen LogP contribution in [0.2, 0.25) is 0 Å². The van der Waals surface area contributed by atoms with E-state index in [0.717, 1.165) is 44.1 Å². The maximum atomic E-state index is 11.4. The van der Waals surface area contributed by atoms with Crippen molar-refractivity contribution in [2.75, 3.05) is 24.5 Å². The van der Waals surface area contributed by atoms with E-state index in [-0.39, 0.29) is 0 Å². The molecule has 0 radical (unpaired) electrons. The molecule has 0 bridgehead atoms. The number of pyridine rings is 1. The van der Waals surface area contributed by atoms with Crippen molar-refractivity contribution in [3.05, 3.63) is 59.9 Å². The fourth-order valence-electron chi connectivity index (χ4n) is 4.25. The molecule has 0 unspecified atom stereocenters. The largest absolute Gasteiger partial charge is 0.478 e. The van der Waals surface area contributed by atoms with Gasteiger partial charge in [0.15, 0.2) is 0 Å². The Kier molecular flexibility index (Phi) is 5.39. The summed E-state index contributed by atoms with van der Waals surface area (Å²) in [5.74, 6) is 0.508. The fourth-order valence-corrected chi connectivity index (χ4v) is 4.25. The lowest BCUT2D eigenvalue weighted by molar-refractivity contribution is 0.0697. The summed E-state index contributed by atoms with van der Waals surface area (Å²) >= 11 is 0. The van der Waals surface area contributed by atoms with Crippen LogP contribution in [0.5, 0.6) is 0 Å². The van der Waals surface area contributed by atoms with Gasteiger partial charge in [0.1, 0.15) is 5.56 Å². The maximum Gasteiger partial charge on any atom is 0.339 e. The zero-order valence-electron chi connectivity index (χ0n) is 15.6. The van der Waals surface area contributed by atoms with Gasteiger partial charge in [-0.3, -0.25) is 4.98 Å². The molecule has 5 heteroatoms. The van der Waals surface area contributed by atoms with Gasteiger partial charge in [-0.15, -0.1) is 0 Å². The van der Waals surface area contributed by atoms with Crippen LogP contribution in [-0.4, -0.2) is 41.7 Å². The van der Waals surface area contributed by atoms with Gasteiger partial charge >= 0.3 is 5.97 Å². The van der Waals surface area contributed by atoms with E-state index in [1.807, 2.05) is 6.07 Å². The SMILES string of the molecule is O=C(O)c1cnccc1N1CCC(CCN[C@@H]2C[C@H]2c2ccccc2)CC1. The third kappa shape index (κ3) is 4.30. The van der Waals surface area contributed by atoms with E-state index < -0.39 is 5.97 Å². The van der Waals surface area contributed by atoms with E-state index >= 15 is 0 Å². The number of benzene rings is 1. The number of hydrogen-bond donors (Lipinski definition) is 2. The Morgan fingerprint density at radius 2 is 1.96 bits per heavy atom. The van der Waals surface area contributed by atoms with Crippen molar-refractivity contribution in [2.24, 2.45) is 5.92 Å². The molecule has 2 fully saturated rings. The first-order valence-electron chi connectivity index (χ1n) is 9.93. The number of rotatable bonds is 7. The smallest absolute Gasteiger partial charge is 0.339 e. The predicted molar refractivity (Wildman–Crippen MR) is 106 cm³/mol. The van der Waals surface area contributed by atoms with Gasteiger partial charge in [0, 0.05) is 37.4 Å². The number of carbonyl (C=O) groups is 1. The minimum atomic E-state index is -0.901. The average Bonchev–Trinajstić information content (AvgIpc) is 3.49. The van der Waals surface area contributed by atoms with E-state index in [1.165, 1.54) is 24.6 Å². The zero-order chi connectivity index (χ0) is 18.6. The van der Waals surface area contributed by atoms with E-state index in [2.05, 4.69) is 45.5 Å². The lowest BCUT2D eigenvalue weighted by Crippen LogP contribution is -2.35. The Labute approximate surface area is 160 Å². The molecule has 142 valence electrons. The van der Waals surface area contributed by atoms with Crippen molar-refractivity contribution in [3.63, 3.8) is 0 Å². The first-order chi connectivity index (χ1) is 13.2. The normalized spacial score (nSPS) is 22.6. The van der Waals surface area contributed by atoms with Crippen molar-refractivity contribution in [1.29, 1.82) is 0 Å². The molecular formula is C22H27N3O2. The van der Waals surface area contributed by atoms with E-state index in [9.17, 15) is 9.90 Å². The maximum absolute atomic E-state index is 11.4. The summed E-state index contributed by atoms with van der Waals surface area (Å²) in [6, 6.07) is 13.2. The molecule has 0 spiro atoms. The predicted octanol–water partition coefficient (Wildman–Crippen LogP) is 3.53. The summed E-state index contributed by atoms with van der Waals surface area (Å²) in [6.07, 6.45) is 7.82. The first-order valence-corrected chi connectivity index (χ1v) is 9.93. The average molecular weight is 365 g/mol. The van der Waals surface area contributed by atoms with Crippen LogP contribution >= 0.6 is 0 Å². The zero-order valence-corrected chi connectivity index (χ0v) is 15.6. The standard InChI is InChI=1S/C22H27N3O2/c26-22(27)19-15-23-10-7-21(19)25-12-8-16(9-13-25)6-11-24-20-14-18(20)17-4-2-1-3-5-17/h1-5,7,10,15-16,18,20,24H,6,8-9,11-14H2,(H,26,27)/t18-,20+/m0/s1. The number of carboxylic acid groups (broad SMARTS) is 1. The van der Waals surface area contributed by atoms with Crippen molar-refractivity contribution in [2.45, 2.75) is 37.6 Å². The van der Waals surface area contributed by atoms with Crippen LogP contribution in [0, 0.1) is 5.92 Å². The highest BCUT2D eigenvalue weighted by Crippen LogP contribution is 2.40.